The summed E-state index contributed by atoms with van der Waals surface area (Å²) in [5, 5.41) is 3.08. The Morgan fingerprint density at radius 1 is 1.06 bits per heavy atom. The number of anilines is 1. The summed E-state index contributed by atoms with van der Waals surface area (Å²) < 4.78 is 26.5. The number of nitrogens with one attached hydrogen (secondary N) is 1. The second-order valence-corrected chi connectivity index (χ2v) is 4.43. The van der Waals surface area contributed by atoms with E-state index in [-0.39, 0.29) is 16.9 Å². The number of halogens is 3. The van der Waals surface area contributed by atoms with E-state index in [4.69, 9.17) is 11.6 Å². The molecule has 0 saturated carbocycles. The van der Waals surface area contributed by atoms with E-state index in [1.807, 2.05) is 6.92 Å². The fourth-order valence-corrected chi connectivity index (χ4v) is 1.87. The topological polar surface area (TPSA) is 12.0 Å². The summed E-state index contributed by atoms with van der Waals surface area (Å²) in [6.45, 7) is 1.86. The zero-order chi connectivity index (χ0) is 13.1. The molecule has 0 heterocycles. The third kappa shape index (κ3) is 2.79. The molecule has 0 radical (unpaired) electrons. The Labute approximate surface area is 109 Å². The molecule has 2 aromatic rings. The maximum absolute atomic E-state index is 13.5. The van der Waals surface area contributed by atoms with Crippen molar-refractivity contribution in [2.24, 2.45) is 0 Å². The van der Waals surface area contributed by atoms with Gasteiger partial charge in [0.25, 0.3) is 0 Å². The van der Waals surface area contributed by atoms with Gasteiger partial charge in [-0.25, -0.2) is 8.78 Å². The van der Waals surface area contributed by atoms with Gasteiger partial charge in [0.1, 0.15) is 11.6 Å². The molecule has 0 amide bonds. The Hall–Kier alpha value is -1.61. The first kappa shape index (κ1) is 12.8. The Balaban J connectivity index is 2.19. The molecule has 2 aromatic carbocycles. The van der Waals surface area contributed by atoms with Crippen LogP contribution < -0.4 is 5.32 Å². The predicted molar refractivity (Wildman–Crippen MR) is 69.8 cm³/mol. The zero-order valence-corrected chi connectivity index (χ0v) is 10.5. The first-order chi connectivity index (χ1) is 8.58. The molecule has 0 aromatic heterocycles. The standard InChI is InChI=1S/C14H12ClF2N/c1-9(10-6-7-12(16)11(15)8-10)18-14-5-3-2-4-13(14)17/h2-9,18H,1H3. The van der Waals surface area contributed by atoms with Gasteiger partial charge in [0.15, 0.2) is 0 Å². The number of rotatable bonds is 3. The number of para-hydroxylation sites is 1. The highest BCUT2D eigenvalue weighted by Crippen LogP contribution is 2.24. The minimum atomic E-state index is -0.460. The van der Waals surface area contributed by atoms with Crippen molar-refractivity contribution in [1.82, 2.24) is 0 Å². The first-order valence-corrected chi connectivity index (χ1v) is 5.91. The van der Waals surface area contributed by atoms with Crippen molar-refractivity contribution in [2.45, 2.75) is 13.0 Å². The molecule has 0 aliphatic heterocycles. The minimum absolute atomic E-state index is 0.0645. The average Bonchev–Trinajstić information content (AvgIpc) is 2.35. The largest absolute Gasteiger partial charge is 0.376 e. The summed E-state index contributed by atoms with van der Waals surface area (Å²) >= 11 is 5.72. The van der Waals surface area contributed by atoms with Crippen molar-refractivity contribution in [1.29, 1.82) is 0 Å². The third-order valence-electron chi connectivity index (χ3n) is 2.69. The summed E-state index contributed by atoms with van der Waals surface area (Å²) in [7, 11) is 0. The van der Waals surface area contributed by atoms with Crippen LogP contribution in [0.1, 0.15) is 18.5 Å². The fourth-order valence-electron chi connectivity index (χ4n) is 1.68. The molecule has 1 N–H and O–H groups in total. The van der Waals surface area contributed by atoms with Crippen molar-refractivity contribution >= 4 is 17.3 Å². The Morgan fingerprint density at radius 3 is 2.44 bits per heavy atom. The Morgan fingerprint density at radius 2 is 1.78 bits per heavy atom. The molecule has 0 bridgehead atoms. The van der Waals surface area contributed by atoms with E-state index in [9.17, 15) is 8.78 Å². The maximum atomic E-state index is 13.5. The monoisotopic (exact) mass is 267 g/mol. The smallest absolute Gasteiger partial charge is 0.146 e. The molecule has 94 valence electrons. The molecule has 4 heteroatoms. The number of hydrogen-bond donors (Lipinski definition) is 1. The lowest BCUT2D eigenvalue weighted by atomic mass is 10.1. The van der Waals surface area contributed by atoms with E-state index < -0.39 is 5.82 Å². The fraction of sp³-hybridized carbons (Fsp3) is 0.143. The van der Waals surface area contributed by atoms with Crippen molar-refractivity contribution < 1.29 is 8.78 Å². The average molecular weight is 268 g/mol. The molecule has 0 saturated heterocycles. The molecule has 18 heavy (non-hydrogen) atoms. The van der Waals surface area contributed by atoms with Crippen molar-refractivity contribution in [3.05, 3.63) is 64.7 Å². The van der Waals surface area contributed by atoms with Crippen LogP contribution in [-0.4, -0.2) is 0 Å². The van der Waals surface area contributed by atoms with Crippen molar-refractivity contribution in [3.8, 4) is 0 Å². The van der Waals surface area contributed by atoms with E-state index in [1.54, 1.807) is 24.3 Å². The van der Waals surface area contributed by atoms with Crippen LogP contribution >= 0.6 is 11.6 Å². The molecule has 0 spiro atoms. The van der Waals surface area contributed by atoms with Crippen LogP contribution in [0.3, 0.4) is 0 Å². The molecular weight excluding hydrogens is 256 g/mol. The van der Waals surface area contributed by atoms with E-state index in [1.165, 1.54) is 18.2 Å². The molecule has 0 aliphatic rings. The van der Waals surface area contributed by atoms with Crippen molar-refractivity contribution in [2.75, 3.05) is 5.32 Å². The molecule has 0 aliphatic carbocycles. The minimum Gasteiger partial charge on any atom is -0.376 e. The molecule has 1 atom stereocenters. The number of benzene rings is 2. The van der Waals surface area contributed by atoms with Crippen molar-refractivity contribution in [3.63, 3.8) is 0 Å². The van der Waals surface area contributed by atoms with E-state index in [0.29, 0.717) is 5.69 Å². The van der Waals surface area contributed by atoms with Gasteiger partial charge < -0.3 is 5.32 Å². The Kier molecular flexibility index (Phi) is 3.82. The van der Waals surface area contributed by atoms with Gasteiger partial charge in [-0.15, -0.1) is 0 Å². The zero-order valence-electron chi connectivity index (χ0n) is 9.75. The van der Waals surface area contributed by atoms with Gasteiger partial charge in [-0.2, -0.15) is 0 Å². The lowest BCUT2D eigenvalue weighted by Crippen LogP contribution is -2.08. The van der Waals surface area contributed by atoms with Crippen LogP contribution in [0.2, 0.25) is 5.02 Å². The van der Waals surface area contributed by atoms with Gasteiger partial charge >= 0.3 is 0 Å². The van der Waals surface area contributed by atoms with Crippen LogP contribution in [0, 0.1) is 11.6 Å². The SMILES string of the molecule is CC(Nc1ccccc1F)c1ccc(F)c(Cl)c1. The van der Waals surface area contributed by atoms with Crippen LogP contribution in [0.15, 0.2) is 42.5 Å². The second-order valence-electron chi connectivity index (χ2n) is 4.02. The van der Waals surface area contributed by atoms with Crippen LogP contribution in [0.4, 0.5) is 14.5 Å². The molecule has 0 fully saturated rings. The molecule has 1 nitrogen and oxygen atoms in total. The predicted octanol–water partition coefficient (Wildman–Crippen LogP) is 4.79. The number of hydrogen-bond acceptors (Lipinski definition) is 1. The molecule has 1 unspecified atom stereocenters. The highest BCUT2D eigenvalue weighted by atomic mass is 35.5. The summed E-state index contributed by atoms with van der Waals surface area (Å²) in [5.41, 5.74) is 1.20. The Bertz CT molecular complexity index is 557. The van der Waals surface area contributed by atoms with Crippen LogP contribution in [0.5, 0.6) is 0 Å². The van der Waals surface area contributed by atoms with Gasteiger partial charge in [0.05, 0.1) is 10.7 Å². The first-order valence-electron chi connectivity index (χ1n) is 5.54. The van der Waals surface area contributed by atoms with E-state index in [2.05, 4.69) is 5.32 Å². The van der Waals surface area contributed by atoms with Gasteiger partial charge in [-0.3, -0.25) is 0 Å². The summed E-state index contributed by atoms with van der Waals surface area (Å²) in [6, 6.07) is 10.7. The summed E-state index contributed by atoms with van der Waals surface area (Å²) in [6.07, 6.45) is 0. The molecular formula is C14H12ClF2N. The van der Waals surface area contributed by atoms with Crippen LogP contribution in [-0.2, 0) is 0 Å². The van der Waals surface area contributed by atoms with Gasteiger partial charge in [-0.1, -0.05) is 29.8 Å². The highest BCUT2D eigenvalue weighted by molar-refractivity contribution is 6.30. The van der Waals surface area contributed by atoms with Gasteiger partial charge in [0, 0.05) is 6.04 Å². The highest BCUT2D eigenvalue weighted by Gasteiger charge is 2.10. The van der Waals surface area contributed by atoms with Crippen LogP contribution in [0.25, 0.3) is 0 Å². The maximum Gasteiger partial charge on any atom is 0.146 e. The lowest BCUT2D eigenvalue weighted by Gasteiger charge is -2.16. The molecule has 2 rings (SSSR count). The van der Waals surface area contributed by atoms with E-state index >= 15 is 0 Å². The summed E-state index contributed by atoms with van der Waals surface area (Å²) in [4.78, 5) is 0. The normalized spacial score (nSPS) is 12.2. The van der Waals surface area contributed by atoms with Gasteiger partial charge in [-0.05, 0) is 36.8 Å². The summed E-state index contributed by atoms with van der Waals surface area (Å²) in [5.74, 6) is -0.781. The van der Waals surface area contributed by atoms with E-state index in [0.717, 1.165) is 5.56 Å². The quantitative estimate of drug-likeness (QED) is 0.843. The lowest BCUT2D eigenvalue weighted by molar-refractivity contribution is 0.624. The van der Waals surface area contributed by atoms with Gasteiger partial charge in [0.2, 0.25) is 0 Å². The third-order valence-corrected chi connectivity index (χ3v) is 2.98. The second kappa shape index (κ2) is 5.36.